The van der Waals surface area contributed by atoms with Crippen LogP contribution in [0.15, 0.2) is 147 Å². The quantitative estimate of drug-likeness (QED) is 0.0875. The minimum Gasteiger partial charge on any atom is -0.343 e. The Morgan fingerprint density at radius 3 is 0.868 bits per heavy atom. The van der Waals surface area contributed by atoms with Gasteiger partial charge >= 0.3 is 21.1 Å². The van der Waals surface area contributed by atoms with Gasteiger partial charge in [-0.15, -0.1) is 13.2 Å². The van der Waals surface area contributed by atoms with Gasteiger partial charge in [-0.1, -0.05) is 146 Å². The van der Waals surface area contributed by atoms with E-state index in [1.807, 2.05) is 12.2 Å². The molecule has 200 valence electrons. The number of benzene rings is 4. The summed E-state index contributed by atoms with van der Waals surface area (Å²) in [4.78, 5) is 0. The molecule has 0 unspecified atom stereocenters. The van der Waals surface area contributed by atoms with Crippen molar-refractivity contribution in [3.8, 4) is 0 Å². The number of hydrogen-bond acceptors (Lipinski definition) is 0. The Balaban J connectivity index is 0.000000564. The number of rotatable bonds is 10. The van der Waals surface area contributed by atoms with E-state index in [-0.39, 0.29) is 21.1 Å². The van der Waals surface area contributed by atoms with Crippen molar-refractivity contribution in [2.45, 2.75) is 25.7 Å². The topological polar surface area (TPSA) is 0 Å². The summed E-state index contributed by atoms with van der Waals surface area (Å²) in [5, 5.41) is 5.83. The first-order valence-electron chi connectivity index (χ1n) is 12.8. The number of hydrogen-bond donors (Lipinski definition) is 0. The largest absolute Gasteiger partial charge is 2.00 e. The van der Waals surface area contributed by atoms with Gasteiger partial charge in [0.1, 0.15) is 0 Å². The van der Waals surface area contributed by atoms with Gasteiger partial charge in [0.2, 0.25) is 0 Å². The summed E-state index contributed by atoms with van der Waals surface area (Å²) < 4.78 is 0. The molecule has 4 aromatic carbocycles. The van der Waals surface area contributed by atoms with Crippen LogP contribution in [0.2, 0.25) is 0 Å². The van der Waals surface area contributed by atoms with Crippen molar-refractivity contribution in [3.05, 3.63) is 160 Å². The Morgan fingerprint density at radius 2 is 0.711 bits per heavy atom. The van der Waals surface area contributed by atoms with Gasteiger partial charge in [-0.05, 0) is 37.1 Å². The summed E-state index contributed by atoms with van der Waals surface area (Å²) in [5.41, 5.74) is 0. The molecule has 3 heteroatoms. The van der Waals surface area contributed by atoms with Crippen molar-refractivity contribution >= 4 is 37.1 Å². The molecule has 0 aliphatic heterocycles. The molecule has 0 radical (unpaired) electrons. The molecule has 4 rings (SSSR count). The molecule has 0 heterocycles. The van der Waals surface area contributed by atoms with Crippen LogP contribution in [-0.4, -0.2) is 5.90 Å². The van der Waals surface area contributed by atoms with Crippen LogP contribution in [0.5, 0.6) is 0 Å². The first kappa shape index (κ1) is 33.9. The second-order valence-electron chi connectivity index (χ2n) is 8.20. The monoisotopic (exact) mass is 717 g/mol. The number of allylic oxidation sites excluding steroid dienone is 2. The standard InChI is InChI=1S/C25H22P2.2C5H9.Pt/c1-5-13-22(14-6-1)26(23-15-7-2-8-16-23)21-27(24-17-9-3-10-18-24)25-19-11-4-12-20-25;2*1-3-5-4-2;/h1-20H,21H2;2*3H,1-2,4-5H2;/q;2*-1;+2. The average Bonchev–Trinajstić information content (AvgIpc) is 2.97. The molecule has 0 saturated heterocycles. The van der Waals surface area contributed by atoms with Gasteiger partial charge in [0.05, 0.1) is 0 Å². The predicted molar refractivity (Wildman–Crippen MR) is 173 cm³/mol. The minimum absolute atomic E-state index is 0. The fraction of sp³-hybridized carbons (Fsp3) is 0.143. The van der Waals surface area contributed by atoms with E-state index < -0.39 is 15.8 Å². The van der Waals surface area contributed by atoms with Gasteiger partial charge in [-0.25, -0.2) is 0 Å². The van der Waals surface area contributed by atoms with Crippen molar-refractivity contribution in [2.75, 3.05) is 5.90 Å². The molecule has 0 atom stereocenters. The summed E-state index contributed by atoms with van der Waals surface area (Å²) in [6.45, 7) is 14.2. The van der Waals surface area contributed by atoms with E-state index in [0.29, 0.717) is 0 Å². The minimum atomic E-state index is -0.409. The second kappa shape index (κ2) is 21.8. The smallest absolute Gasteiger partial charge is 0.343 e. The Labute approximate surface area is 249 Å². The van der Waals surface area contributed by atoms with Crippen LogP contribution in [-0.2, 0) is 21.1 Å². The first-order valence-corrected chi connectivity index (χ1v) is 15.9. The number of unbranched alkanes of at least 4 members (excludes halogenated alkanes) is 2. The molecule has 0 N–H and O–H groups in total. The molecule has 4 aromatic rings. The normalized spacial score (nSPS) is 9.79. The van der Waals surface area contributed by atoms with Crippen LogP contribution in [0, 0.1) is 13.8 Å². The maximum atomic E-state index is 3.60. The van der Waals surface area contributed by atoms with Crippen LogP contribution in [0.1, 0.15) is 25.7 Å². The summed E-state index contributed by atoms with van der Waals surface area (Å²) in [5.74, 6) is 1.17. The zero-order valence-electron chi connectivity index (χ0n) is 22.3. The summed E-state index contributed by atoms with van der Waals surface area (Å²) in [7, 11) is -0.817. The van der Waals surface area contributed by atoms with Gasteiger partial charge in [0, 0.05) is 5.90 Å². The Hall–Kier alpha value is -2.09. The molecule has 0 aromatic heterocycles. The molecule has 0 fully saturated rings. The van der Waals surface area contributed by atoms with Gasteiger partial charge in [-0.2, -0.15) is 12.8 Å². The first-order chi connectivity index (χ1) is 18.2. The van der Waals surface area contributed by atoms with Crippen LogP contribution in [0.25, 0.3) is 0 Å². The fourth-order valence-corrected chi connectivity index (χ4v) is 9.96. The fourth-order valence-electron chi connectivity index (χ4n) is 3.49. The molecule has 0 amide bonds. The average molecular weight is 718 g/mol. The third-order valence-corrected chi connectivity index (χ3v) is 11.3. The molecular weight excluding hydrogens is 677 g/mol. The maximum absolute atomic E-state index is 3.60. The molecule has 0 bridgehead atoms. The van der Waals surface area contributed by atoms with Crippen molar-refractivity contribution in [2.24, 2.45) is 0 Å². The Morgan fingerprint density at radius 1 is 0.474 bits per heavy atom. The van der Waals surface area contributed by atoms with Gasteiger partial charge in [0.15, 0.2) is 0 Å². The van der Waals surface area contributed by atoms with E-state index in [1.54, 1.807) is 0 Å². The molecule has 38 heavy (non-hydrogen) atoms. The third-order valence-electron chi connectivity index (χ3n) is 5.37. The summed E-state index contributed by atoms with van der Waals surface area (Å²) in [6.07, 6.45) is 7.77. The van der Waals surface area contributed by atoms with Gasteiger partial charge < -0.3 is 13.8 Å². The SMILES string of the molecule is C=CCC[CH2-].C=CCC[CH2-].[Pt+2].c1ccc(P(CP(c2ccccc2)c2ccccc2)c2ccccc2)cc1. The molecule has 0 saturated carbocycles. The van der Waals surface area contributed by atoms with Crippen molar-refractivity contribution < 1.29 is 21.1 Å². The summed E-state index contributed by atoms with van der Waals surface area (Å²) >= 11 is 0. The van der Waals surface area contributed by atoms with Crippen LogP contribution < -0.4 is 21.2 Å². The van der Waals surface area contributed by atoms with E-state index in [0.717, 1.165) is 25.7 Å². The molecule has 0 spiro atoms. The molecule has 0 aliphatic rings. The van der Waals surface area contributed by atoms with E-state index >= 15 is 0 Å². The van der Waals surface area contributed by atoms with Crippen molar-refractivity contribution in [3.63, 3.8) is 0 Å². The van der Waals surface area contributed by atoms with Crippen molar-refractivity contribution in [1.82, 2.24) is 0 Å². The van der Waals surface area contributed by atoms with Crippen LogP contribution in [0.3, 0.4) is 0 Å². The van der Waals surface area contributed by atoms with E-state index in [9.17, 15) is 0 Å². The van der Waals surface area contributed by atoms with Crippen LogP contribution in [0.4, 0.5) is 0 Å². The second-order valence-corrected chi connectivity index (χ2v) is 13.1. The van der Waals surface area contributed by atoms with E-state index in [1.165, 1.54) is 27.1 Å². The molecular formula is C35H40P2Pt. The van der Waals surface area contributed by atoms with Crippen molar-refractivity contribution in [1.29, 1.82) is 0 Å². The van der Waals surface area contributed by atoms with Gasteiger partial charge in [0.25, 0.3) is 0 Å². The summed E-state index contributed by atoms with van der Waals surface area (Å²) in [6, 6.07) is 44.1. The predicted octanol–water partition coefficient (Wildman–Crippen LogP) is 8.78. The van der Waals surface area contributed by atoms with E-state index in [2.05, 4.69) is 148 Å². The Kier molecular flexibility index (Phi) is 19.5. The van der Waals surface area contributed by atoms with E-state index in [4.69, 9.17) is 0 Å². The Bertz CT molecular complexity index is 930. The van der Waals surface area contributed by atoms with Crippen LogP contribution >= 0.6 is 15.8 Å². The molecule has 0 nitrogen and oxygen atoms in total. The van der Waals surface area contributed by atoms with Gasteiger partial charge in [-0.3, -0.25) is 0 Å². The molecule has 0 aliphatic carbocycles. The zero-order valence-corrected chi connectivity index (χ0v) is 26.3. The zero-order chi connectivity index (χ0) is 26.6. The maximum Gasteiger partial charge on any atom is 2.00 e. The third kappa shape index (κ3) is 12.6.